The molecule has 2 N–H and O–H groups in total. The number of aliphatic hydroxyl groups is 1. The maximum absolute atomic E-state index is 11.8. The van der Waals surface area contributed by atoms with Gasteiger partial charge in [0, 0.05) is 13.2 Å². The summed E-state index contributed by atoms with van der Waals surface area (Å²) >= 11 is 0. The van der Waals surface area contributed by atoms with Crippen LogP contribution in [0.5, 0.6) is 0 Å². The fraction of sp³-hybridized carbons (Fsp3) is 0.562. The maximum atomic E-state index is 11.8. The van der Waals surface area contributed by atoms with Gasteiger partial charge in [0.25, 0.3) is 0 Å². The molecule has 5 heteroatoms. The molecule has 0 saturated heterocycles. The van der Waals surface area contributed by atoms with Gasteiger partial charge < -0.3 is 19.9 Å². The average Bonchev–Trinajstić information content (AvgIpc) is 2.55. The molecule has 1 saturated carbocycles. The van der Waals surface area contributed by atoms with Crippen LogP contribution in [0.25, 0.3) is 0 Å². The molecule has 5 nitrogen and oxygen atoms in total. The number of carbonyl (C=O) groups is 1. The van der Waals surface area contributed by atoms with Crippen LogP contribution in [0.15, 0.2) is 30.3 Å². The van der Waals surface area contributed by atoms with Crippen molar-refractivity contribution in [2.45, 2.75) is 43.9 Å². The van der Waals surface area contributed by atoms with E-state index in [-0.39, 0.29) is 19.3 Å². The second kappa shape index (κ2) is 7.43. The Balaban J connectivity index is 1.72. The van der Waals surface area contributed by atoms with Crippen LogP contribution in [0.1, 0.15) is 31.2 Å². The summed E-state index contributed by atoms with van der Waals surface area (Å²) in [6.07, 6.45) is 2.66. The molecule has 2 rings (SSSR count). The third kappa shape index (κ3) is 4.44. The Morgan fingerprint density at radius 2 is 2.00 bits per heavy atom. The number of aliphatic hydroxyl groups excluding tert-OH is 1. The first kappa shape index (κ1) is 15.8. The molecule has 1 aromatic carbocycles. The van der Waals surface area contributed by atoms with Crippen LogP contribution in [0, 0.1) is 0 Å². The zero-order valence-electron chi connectivity index (χ0n) is 12.4. The molecule has 0 aliphatic heterocycles. The minimum atomic E-state index is -0.438. The molecule has 1 aliphatic rings. The summed E-state index contributed by atoms with van der Waals surface area (Å²) in [6.45, 7) is 0.298. The number of amides is 1. The molecule has 0 bridgehead atoms. The highest BCUT2D eigenvalue weighted by Gasteiger charge is 2.35. The van der Waals surface area contributed by atoms with E-state index in [1.54, 1.807) is 7.11 Å². The topological polar surface area (TPSA) is 67.8 Å². The first-order valence-electron chi connectivity index (χ1n) is 7.31. The lowest BCUT2D eigenvalue weighted by molar-refractivity contribution is -0.0793. The molecule has 116 valence electrons. The van der Waals surface area contributed by atoms with Crippen molar-refractivity contribution in [3.63, 3.8) is 0 Å². The Labute approximate surface area is 125 Å². The van der Waals surface area contributed by atoms with E-state index in [9.17, 15) is 9.90 Å². The van der Waals surface area contributed by atoms with Gasteiger partial charge in [-0.05, 0) is 31.2 Å². The third-order valence-electron chi connectivity index (χ3n) is 4.15. The van der Waals surface area contributed by atoms with Crippen molar-refractivity contribution in [2.75, 3.05) is 13.7 Å². The predicted molar refractivity (Wildman–Crippen MR) is 78.8 cm³/mol. The molecule has 1 amide bonds. The monoisotopic (exact) mass is 293 g/mol. The number of methoxy groups -OCH3 is 1. The van der Waals surface area contributed by atoms with Crippen LogP contribution in [0.2, 0.25) is 0 Å². The van der Waals surface area contributed by atoms with Gasteiger partial charge in [0.2, 0.25) is 0 Å². The molecule has 21 heavy (non-hydrogen) atoms. The summed E-state index contributed by atoms with van der Waals surface area (Å²) < 4.78 is 10.6. The number of benzene rings is 1. The van der Waals surface area contributed by atoms with Gasteiger partial charge in [-0.3, -0.25) is 0 Å². The summed E-state index contributed by atoms with van der Waals surface area (Å²) in [6, 6.07) is 9.68. The standard InChI is InChI=1S/C16H23NO4/c1-20-16(12-18)9-7-14(8-10-16)17-15(19)21-11-13-5-3-2-4-6-13/h2-6,14,18H,7-12H2,1H3,(H,17,19). The van der Waals surface area contributed by atoms with Crippen molar-refractivity contribution < 1.29 is 19.4 Å². The number of hydrogen-bond donors (Lipinski definition) is 2. The second-order valence-electron chi connectivity index (χ2n) is 5.53. The summed E-state index contributed by atoms with van der Waals surface area (Å²) in [5, 5.41) is 12.3. The normalized spacial score (nSPS) is 25.3. The lowest BCUT2D eigenvalue weighted by Gasteiger charge is -2.37. The first-order chi connectivity index (χ1) is 10.2. The van der Waals surface area contributed by atoms with Crippen LogP contribution in [0.4, 0.5) is 4.79 Å². The van der Waals surface area contributed by atoms with Crippen LogP contribution in [-0.4, -0.2) is 36.6 Å². The smallest absolute Gasteiger partial charge is 0.407 e. The van der Waals surface area contributed by atoms with Gasteiger partial charge in [-0.15, -0.1) is 0 Å². The maximum Gasteiger partial charge on any atom is 0.407 e. The predicted octanol–water partition coefficient (Wildman–Crippen LogP) is 2.23. The highest BCUT2D eigenvalue weighted by molar-refractivity contribution is 5.67. The van der Waals surface area contributed by atoms with Gasteiger partial charge in [-0.1, -0.05) is 30.3 Å². The quantitative estimate of drug-likeness (QED) is 0.873. The van der Waals surface area contributed by atoms with Crippen LogP contribution < -0.4 is 5.32 Å². The summed E-state index contributed by atoms with van der Waals surface area (Å²) in [4.78, 5) is 11.8. The van der Waals surface area contributed by atoms with Crippen molar-refractivity contribution in [3.05, 3.63) is 35.9 Å². The average molecular weight is 293 g/mol. The Hall–Kier alpha value is -1.59. The lowest BCUT2D eigenvalue weighted by Crippen LogP contribution is -2.46. The first-order valence-corrected chi connectivity index (χ1v) is 7.31. The van der Waals surface area contributed by atoms with Crippen molar-refractivity contribution in [3.8, 4) is 0 Å². The SMILES string of the molecule is COC1(CO)CCC(NC(=O)OCc2ccccc2)CC1. The molecule has 0 atom stereocenters. The van der Waals surface area contributed by atoms with E-state index in [1.807, 2.05) is 30.3 Å². The second-order valence-corrected chi connectivity index (χ2v) is 5.53. The fourth-order valence-corrected chi connectivity index (χ4v) is 2.65. The number of carbonyl (C=O) groups excluding carboxylic acids is 1. The van der Waals surface area contributed by atoms with Crippen LogP contribution >= 0.6 is 0 Å². The van der Waals surface area contributed by atoms with Crippen LogP contribution in [-0.2, 0) is 16.1 Å². The molecule has 0 heterocycles. The van der Waals surface area contributed by atoms with Gasteiger partial charge >= 0.3 is 6.09 Å². The third-order valence-corrected chi connectivity index (χ3v) is 4.15. The van der Waals surface area contributed by atoms with E-state index < -0.39 is 11.7 Å². The molecule has 1 aliphatic carbocycles. The zero-order chi connectivity index (χ0) is 15.1. The summed E-state index contributed by atoms with van der Waals surface area (Å²) in [5.74, 6) is 0. The molecular formula is C16H23NO4. The van der Waals surface area contributed by atoms with Crippen molar-refractivity contribution in [1.82, 2.24) is 5.32 Å². The largest absolute Gasteiger partial charge is 0.445 e. The minimum Gasteiger partial charge on any atom is -0.445 e. The van der Waals surface area contributed by atoms with E-state index in [0.29, 0.717) is 0 Å². The van der Waals surface area contributed by atoms with Crippen LogP contribution in [0.3, 0.4) is 0 Å². The number of hydrogen-bond acceptors (Lipinski definition) is 4. The molecule has 0 radical (unpaired) electrons. The number of nitrogens with one attached hydrogen (secondary N) is 1. The van der Waals surface area contributed by atoms with Gasteiger partial charge in [0.05, 0.1) is 12.2 Å². The van der Waals surface area contributed by atoms with E-state index >= 15 is 0 Å². The van der Waals surface area contributed by atoms with E-state index in [2.05, 4.69) is 5.32 Å². The van der Waals surface area contributed by atoms with E-state index in [1.165, 1.54) is 0 Å². The summed E-state index contributed by atoms with van der Waals surface area (Å²) in [7, 11) is 1.62. The van der Waals surface area contributed by atoms with Gasteiger partial charge in [-0.2, -0.15) is 0 Å². The van der Waals surface area contributed by atoms with E-state index in [4.69, 9.17) is 9.47 Å². The minimum absolute atomic E-state index is 0.0225. The Morgan fingerprint density at radius 3 is 2.57 bits per heavy atom. The Kier molecular flexibility index (Phi) is 5.59. The number of rotatable bonds is 5. The number of ether oxygens (including phenoxy) is 2. The Bertz CT molecular complexity index is 435. The van der Waals surface area contributed by atoms with Gasteiger partial charge in [0.15, 0.2) is 0 Å². The summed E-state index contributed by atoms with van der Waals surface area (Å²) in [5.41, 5.74) is 0.529. The highest BCUT2D eigenvalue weighted by Crippen LogP contribution is 2.30. The molecule has 0 unspecified atom stereocenters. The highest BCUT2D eigenvalue weighted by atomic mass is 16.5. The molecule has 0 spiro atoms. The lowest BCUT2D eigenvalue weighted by atomic mass is 9.82. The molecule has 1 aromatic rings. The van der Waals surface area contributed by atoms with Gasteiger partial charge in [-0.25, -0.2) is 4.79 Å². The Morgan fingerprint density at radius 1 is 1.33 bits per heavy atom. The molecular weight excluding hydrogens is 270 g/mol. The van der Waals surface area contributed by atoms with Crippen molar-refractivity contribution in [2.24, 2.45) is 0 Å². The van der Waals surface area contributed by atoms with Crippen molar-refractivity contribution >= 4 is 6.09 Å². The van der Waals surface area contributed by atoms with Crippen molar-refractivity contribution in [1.29, 1.82) is 0 Å². The molecule has 1 fully saturated rings. The number of alkyl carbamates (subject to hydrolysis) is 1. The molecule has 0 aromatic heterocycles. The zero-order valence-corrected chi connectivity index (χ0v) is 12.4. The van der Waals surface area contributed by atoms with Gasteiger partial charge in [0.1, 0.15) is 6.61 Å². The fourth-order valence-electron chi connectivity index (χ4n) is 2.65. The van der Waals surface area contributed by atoms with E-state index in [0.717, 1.165) is 31.2 Å².